The van der Waals surface area contributed by atoms with Crippen LogP contribution in [0, 0.1) is 0 Å². The van der Waals surface area contributed by atoms with Crippen LogP contribution in [0.5, 0.6) is 0 Å². The average molecular weight is 309 g/mol. The minimum Gasteiger partial charge on any atom is -0.359 e. The second-order valence-corrected chi connectivity index (χ2v) is 6.08. The molecule has 0 spiro atoms. The van der Waals surface area contributed by atoms with Crippen LogP contribution in [0.3, 0.4) is 0 Å². The molecule has 0 radical (unpaired) electrons. The van der Waals surface area contributed by atoms with Gasteiger partial charge in [-0.25, -0.2) is 0 Å². The molecule has 0 N–H and O–H groups in total. The fourth-order valence-corrected chi connectivity index (χ4v) is 3.37. The van der Waals surface area contributed by atoms with Crippen LogP contribution in [0.15, 0.2) is 42.5 Å². The van der Waals surface area contributed by atoms with E-state index in [0.29, 0.717) is 0 Å². The number of aromatic nitrogens is 1. The van der Waals surface area contributed by atoms with Crippen LogP contribution in [0.4, 0.5) is 5.69 Å². The van der Waals surface area contributed by atoms with E-state index < -0.39 is 0 Å². The monoisotopic (exact) mass is 309 g/mol. The molecule has 3 rings (SSSR count). The molecular weight excluding hydrogens is 282 g/mol. The summed E-state index contributed by atoms with van der Waals surface area (Å²) in [5.41, 5.74) is 3.91. The predicted molar refractivity (Wildman–Crippen MR) is 101 cm³/mol. The van der Waals surface area contributed by atoms with Crippen molar-refractivity contribution < 1.29 is 0 Å². The van der Waals surface area contributed by atoms with Gasteiger partial charge in [0.15, 0.2) is 0 Å². The third-order valence-corrected chi connectivity index (χ3v) is 4.91. The molecule has 0 saturated heterocycles. The summed E-state index contributed by atoms with van der Waals surface area (Å²) in [5.74, 6) is 0. The maximum Gasteiger partial charge on any atom is 0.0706 e. The zero-order valence-corrected chi connectivity index (χ0v) is 14.7. The highest BCUT2D eigenvalue weighted by atomic mass is 15.3. The van der Waals surface area contributed by atoms with Crippen molar-refractivity contribution in [2.75, 3.05) is 31.2 Å². The minimum absolute atomic E-state index is 0.985. The van der Waals surface area contributed by atoms with Crippen molar-refractivity contribution in [2.45, 2.75) is 20.8 Å². The molecular formula is C20H27N3. The predicted octanol–water partition coefficient (Wildman–Crippen LogP) is 4.46. The highest BCUT2D eigenvalue weighted by molar-refractivity contribution is 6.08. The molecule has 3 nitrogen and oxygen atoms in total. The fraction of sp³-hybridized carbons (Fsp3) is 0.400. The highest BCUT2D eigenvalue weighted by Gasteiger charge is 2.12. The summed E-state index contributed by atoms with van der Waals surface area (Å²) in [7, 11) is 2.16. The van der Waals surface area contributed by atoms with Crippen molar-refractivity contribution in [3.8, 4) is 0 Å². The summed E-state index contributed by atoms with van der Waals surface area (Å²) < 4.78 is 2.30. The smallest absolute Gasteiger partial charge is 0.0706 e. The van der Waals surface area contributed by atoms with Gasteiger partial charge in [-0.2, -0.15) is 0 Å². The number of nitrogens with zero attached hydrogens (tertiary/aromatic N) is 3. The molecule has 1 heterocycles. The first-order valence-electron chi connectivity index (χ1n) is 8.64. The number of para-hydroxylation sites is 1. The van der Waals surface area contributed by atoms with Crippen molar-refractivity contribution in [1.29, 1.82) is 0 Å². The fourth-order valence-electron chi connectivity index (χ4n) is 3.37. The van der Waals surface area contributed by atoms with Crippen molar-refractivity contribution in [1.82, 2.24) is 9.47 Å². The first-order valence-corrected chi connectivity index (χ1v) is 8.64. The molecule has 1 aromatic heterocycles. The number of benzene rings is 2. The van der Waals surface area contributed by atoms with Gasteiger partial charge >= 0.3 is 0 Å². The summed E-state index contributed by atoms with van der Waals surface area (Å²) in [4.78, 5) is 4.90. The Morgan fingerprint density at radius 3 is 2.22 bits per heavy atom. The maximum absolute atomic E-state index is 2.45. The van der Waals surface area contributed by atoms with Crippen molar-refractivity contribution in [3.05, 3.63) is 42.5 Å². The molecule has 122 valence electrons. The molecule has 0 fully saturated rings. The van der Waals surface area contributed by atoms with Gasteiger partial charge in [-0.3, -0.25) is 4.90 Å². The number of hydrogen-bond acceptors (Lipinski definition) is 2. The van der Waals surface area contributed by atoms with Crippen molar-refractivity contribution >= 4 is 27.5 Å². The second-order valence-electron chi connectivity index (χ2n) is 6.08. The third kappa shape index (κ3) is 2.81. The van der Waals surface area contributed by atoms with Crippen LogP contribution in [0.1, 0.15) is 20.8 Å². The molecule has 23 heavy (non-hydrogen) atoms. The van der Waals surface area contributed by atoms with E-state index in [-0.39, 0.29) is 0 Å². The summed E-state index contributed by atoms with van der Waals surface area (Å²) in [6.45, 7) is 10.9. The summed E-state index contributed by atoms with van der Waals surface area (Å²) >= 11 is 0. The summed E-state index contributed by atoms with van der Waals surface area (Å²) in [5, 5.41) is 2.68. The first-order chi connectivity index (χ1) is 11.2. The van der Waals surface area contributed by atoms with Gasteiger partial charge in [-0.05, 0) is 38.2 Å². The zero-order valence-electron chi connectivity index (χ0n) is 14.7. The number of aryl methyl sites for hydroxylation is 1. The van der Waals surface area contributed by atoms with Gasteiger partial charge in [0.05, 0.1) is 12.2 Å². The van der Waals surface area contributed by atoms with Crippen LogP contribution in [0.2, 0.25) is 0 Å². The second kappa shape index (κ2) is 6.63. The molecule has 0 atom stereocenters. The molecule has 3 heteroatoms. The van der Waals surface area contributed by atoms with Crippen LogP contribution in [-0.2, 0) is 7.05 Å². The Hall–Kier alpha value is -2.00. The zero-order chi connectivity index (χ0) is 16.4. The highest BCUT2D eigenvalue weighted by Crippen LogP contribution is 2.31. The lowest BCUT2D eigenvalue weighted by Gasteiger charge is -2.30. The first kappa shape index (κ1) is 15.9. The Bertz CT molecular complexity index is 799. The van der Waals surface area contributed by atoms with Crippen LogP contribution >= 0.6 is 0 Å². The standard InChI is InChI=1S/C20H27N3/c1-5-22(6-2)15-23(7-3)16-12-13-18-17-10-8-9-11-19(17)21(4)20(18)14-16/h8-14H,5-7,15H2,1-4H3. The molecule has 0 amide bonds. The Kier molecular flexibility index (Phi) is 4.58. The van der Waals surface area contributed by atoms with Gasteiger partial charge < -0.3 is 9.47 Å². The normalized spacial score (nSPS) is 11.7. The van der Waals surface area contributed by atoms with E-state index in [2.05, 4.69) is 84.7 Å². The topological polar surface area (TPSA) is 11.4 Å². The van der Waals surface area contributed by atoms with Gasteiger partial charge in [-0.15, -0.1) is 0 Å². The van der Waals surface area contributed by atoms with E-state index in [1.165, 1.54) is 27.5 Å². The van der Waals surface area contributed by atoms with Crippen LogP contribution in [-0.4, -0.2) is 35.8 Å². The van der Waals surface area contributed by atoms with Gasteiger partial charge in [-0.1, -0.05) is 38.1 Å². The molecule has 2 aromatic carbocycles. The largest absolute Gasteiger partial charge is 0.359 e. The van der Waals surface area contributed by atoms with Gasteiger partial charge in [0.25, 0.3) is 0 Å². The van der Waals surface area contributed by atoms with Gasteiger partial charge in [0, 0.05) is 35.6 Å². The maximum atomic E-state index is 2.45. The van der Waals surface area contributed by atoms with Crippen molar-refractivity contribution in [2.24, 2.45) is 7.05 Å². The van der Waals surface area contributed by atoms with E-state index in [0.717, 1.165) is 26.3 Å². The van der Waals surface area contributed by atoms with Crippen LogP contribution in [0.25, 0.3) is 21.8 Å². The third-order valence-electron chi connectivity index (χ3n) is 4.91. The van der Waals surface area contributed by atoms with E-state index in [4.69, 9.17) is 0 Å². The molecule has 0 unspecified atom stereocenters. The lowest BCUT2D eigenvalue weighted by atomic mass is 10.1. The lowest BCUT2D eigenvalue weighted by molar-refractivity contribution is 0.303. The molecule has 0 bridgehead atoms. The molecule has 0 aliphatic heterocycles. The average Bonchev–Trinajstić information content (AvgIpc) is 2.89. The summed E-state index contributed by atoms with van der Waals surface area (Å²) in [6, 6.07) is 15.5. The number of hydrogen-bond donors (Lipinski definition) is 0. The number of fused-ring (bicyclic) bond motifs is 3. The molecule has 0 aliphatic carbocycles. The summed E-state index contributed by atoms with van der Waals surface area (Å²) in [6.07, 6.45) is 0. The Balaban J connectivity index is 2.05. The SMILES string of the molecule is CCN(CC)CN(CC)c1ccc2c3ccccc3n(C)c2c1. The minimum atomic E-state index is 0.985. The quantitative estimate of drug-likeness (QED) is 0.623. The van der Waals surface area contributed by atoms with Crippen molar-refractivity contribution in [3.63, 3.8) is 0 Å². The molecule has 3 aromatic rings. The Labute approximate surface area is 139 Å². The van der Waals surface area contributed by atoms with E-state index in [1.807, 2.05) is 0 Å². The van der Waals surface area contributed by atoms with Gasteiger partial charge in [0.1, 0.15) is 0 Å². The van der Waals surface area contributed by atoms with Gasteiger partial charge in [0.2, 0.25) is 0 Å². The molecule has 0 saturated carbocycles. The number of anilines is 1. The Morgan fingerprint density at radius 1 is 0.826 bits per heavy atom. The van der Waals surface area contributed by atoms with E-state index in [1.54, 1.807) is 0 Å². The van der Waals surface area contributed by atoms with E-state index >= 15 is 0 Å². The van der Waals surface area contributed by atoms with Crippen LogP contribution < -0.4 is 4.90 Å². The lowest BCUT2D eigenvalue weighted by Crippen LogP contribution is -2.37. The molecule has 0 aliphatic rings. The number of rotatable bonds is 6. The Morgan fingerprint density at radius 2 is 1.52 bits per heavy atom. The van der Waals surface area contributed by atoms with E-state index in [9.17, 15) is 0 Å².